The number of hydrogen-bond acceptors (Lipinski definition) is 5. The van der Waals surface area contributed by atoms with E-state index in [1.807, 2.05) is 24.5 Å². The van der Waals surface area contributed by atoms with Gasteiger partial charge in [-0.25, -0.2) is 9.97 Å². The summed E-state index contributed by atoms with van der Waals surface area (Å²) in [6, 6.07) is 3.84. The van der Waals surface area contributed by atoms with Gasteiger partial charge in [0.25, 0.3) is 0 Å². The molecule has 0 saturated heterocycles. The maximum absolute atomic E-state index is 5.26. The topological polar surface area (TPSA) is 51.0 Å². The molecule has 0 unspecified atom stereocenters. The summed E-state index contributed by atoms with van der Waals surface area (Å²) in [5.74, 6) is 1.71. The Hall–Kier alpha value is -1.33. The highest BCUT2D eigenvalue weighted by Crippen LogP contribution is 2.18. The van der Waals surface area contributed by atoms with Gasteiger partial charge in [-0.05, 0) is 25.1 Å². The van der Waals surface area contributed by atoms with Crippen LogP contribution in [-0.4, -0.2) is 16.5 Å². The summed E-state index contributed by atoms with van der Waals surface area (Å²) in [5, 5.41) is 4.11. The number of rotatable bonds is 7. The number of aromatic nitrogens is 2. The molecule has 0 amide bonds. The van der Waals surface area contributed by atoms with Crippen LogP contribution in [0.4, 0.5) is 0 Å². The summed E-state index contributed by atoms with van der Waals surface area (Å²) in [5.41, 5.74) is 1.12. The van der Waals surface area contributed by atoms with Crippen molar-refractivity contribution in [3.05, 3.63) is 42.1 Å². The predicted octanol–water partition coefficient (Wildman–Crippen LogP) is 2.86. The van der Waals surface area contributed by atoms with Crippen molar-refractivity contribution in [3.63, 3.8) is 0 Å². The summed E-state index contributed by atoms with van der Waals surface area (Å²) in [6.07, 6.45) is 6.57. The highest BCUT2D eigenvalue weighted by atomic mass is 32.2. The standard InChI is InChI=1S/C13H17N3OS/c1-2-5-14-7-11-8-15-13(16-9-11)18-10-12-4-3-6-17-12/h3-4,6,8-9,14H,2,5,7,10H2,1H3. The molecule has 2 rings (SSSR count). The molecule has 0 spiro atoms. The van der Waals surface area contributed by atoms with Crippen molar-refractivity contribution in [1.29, 1.82) is 0 Å². The molecule has 0 saturated carbocycles. The van der Waals surface area contributed by atoms with Crippen molar-refractivity contribution in [2.75, 3.05) is 6.54 Å². The number of hydrogen-bond donors (Lipinski definition) is 1. The molecule has 0 bridgehead atoms. The van der Waals surface area contributed by atoms with Crippen molar-refractivity contribution < 1.29 is 4.42 Å². The van der Waals surface area contributed by atoms with Gasteiger partial charge in [-0.3, -0.25) is 0 Å². The second kappa shape index (κ2) is 7.18. The van der Waals surface area contributed by atoms with Gasteiger partial charge in [0.1, 0.15) is 5.76 Å². The van der Waals surface area contributed by atoms with Crippen LogP contribution in [0.3, 0.4) is 0 Å². The van der Waals surface area contributed by atoms with Crippen LogP contribution < -0.4 is 5.32 Å². The van der Waals surface area contributed by atoms with Gasteiger partial charge < -0.3 is 9.73 Å². The lowest BCUT2D eigenvalue weighted by molar-refractivity contribution is 0.530. The van der Waals surface area contributed by atoms with Crippen LogP contribution in [-0.2, 0) is 12.3 Å². The fourth-order valence-electron chi connectivity index (χ4n) is 1.45. The van der Waals surface area contributed by atoms with E-state index in [-0.39, 0.29) is 0 Å². The molecule has 1 N–H and O–H groups in total. The quantitative estimate of drug-likeness (QED) is 0.473. The van der Waals surface area contributed by atoms with Crippen molar-refractivity contribution in [1.82, 2.24) is 15.3 Å². The molecule has 0 radical (unpaired) electrons. The van der Waals surface area contributed by atoms with E-state index in [1.54, 1.807) is 18.0 Å². The van der Waals surface area contributed by atoms with Crippen molar-refractivity contribution >= 4 is 11.8 Å². The molecule has 4 nitrogen and oxygen atoms in total. The lowest BCUT2D eigenvalue weighted by Gasteiger charge is -2.03. The van der Waals surface area contributed by atoms with Gasteiger partial charge in [0.15, 0.2) is 5.16 Å². The number of furan rings is 1. The summed E-state index contributed by atoms with van der Waals surface area (Å²) in [4.78, 5) is 8.65. The molecule has 2 aromatic rings. The minimum absolute atomic E-state index is 0.764. The summed E-state index contributed by atoms with van der Waals surface area (Å²) in [7, 11) is 0. The summed E-state index contributed by atoms with van der Waals surface area (Å²) in [6.45, 7) is 4.00. The van der Waals surface area contributed by atoms with Crippen LogP contribution in [0.1, 0.15) is 24.7 Å². The lowest BCUT2D eigenvalue weighted by atomic mass is 10.3. The van der Waals surface area contributed by atoms with Crippen molar-refractivity contribution in [2.45, 2.75) is 30.8 Å². The highest BCUT2D eigenvalue weighted by Gasteiger charge is 2.01. The molecular formula is C13H17N3OS. The van der Waals surface area contributed by atoms with Crippen molar-refractivity contribution in [2.24, 2.45) is 0 Å². The minimum Gasteiger partial charge on any atom is -0.468 e. The van der Waals surface area contributed by atoms with E-state index in [4.69, 9.17) is 4.42 Å². The highest BCUT2D eigenvalue weighted by molar-refractivity contribution is 7.98. The van der Waals surface area contributed by atoms with Gasteiger partial charge in [-0.1, -0.05) is 18.7 Å². The fourth-order valence-corrected chi connectivity index (χ4v) is 2.14. The van der Waals surface area contributed by atoms with Crippen LogP contribution in [0.5, 0.6) is 0 Å². The van der Waals surface area contributed by atoms with Crippen LogP contribution in [0, 0.1) is 0 Å². The van der Waals surface area contributed by atoms with Gasteiger partial charge >= 0.3 is 0 Å². The van der Waals surface area contributed by atoms with E-state index >= 15 is 0 Å². The molecule has 0 aromatic carbocycles. The first-order chi connectivity index (χ1) is 8.88. The third kappa shape index (κ3) is 4.16. The Kier molecular flexibility index (Phi) is 5.23. The average molecular weight is 263 g/mol. The van der Waals surface area contributed by atoms with E-state index in [0.717, 1.165) is 41.7 Å². The van der Waals surface area contributed by atoms with Crippen LogP contribution >= 0.6 is 11.8 Å². The molecule has 18 heavy (non-hydrogen) atoms. The third-order valence-corrected chi connectivity index (χ3v) is 3.26. The molecule has 5 heteroatoms. The van der Waals surface area contributed by atoms with E-state index in [2.05, 4.69) is 22.2 Å². The van der Waals surface area contributed by atoms with E-state index < -0.39 is 0 Å². The molecule has 0 aliphatic carbocycles. The van der Waals surface area contributed by atoms with Crippen LogP contribution in [0.2, 0.25) is 0 Å². The van der Waals surface area contributed by atoms with Gasteiger partial charge in [0, 0.05) is 24.5 Å². The van der Waals surface area contributed by atoms with E-state index in [0.29, 0.717) is 0 Å². The lowest BCUT2D eigenvalue weighted by Crippen LogP contribution is -2.14. The zero-order chi connectivity index (χ0) is 12.6. The van der Waals surface area contributed by atoms with Gasteiger partial charge in [0.2, 0.25) is 0 Å². The molecule has 2 aromatic heterocycles. The Bertz CT molecular complexity index is 442. The Morgan fingerprint density at radius 2 is 2.17 bits per heavy atom. The maximum Gasteiger partial charge on any atom is 0.187 e. The third-order valence-electron chi connectivity index (χ3n) is 2.36. The molecule has 0 aliphatic heterocycles. The van der Waals surface area contributed by atoms with Gasteiger partial charge in [0.05, 0.1) is 12.0 Å². The van der Waals surface area contributed by atoms with Gasteiger partial charge in [-0.15, -0.1) is 0 Å². The first-order valence-corrected chi connectivity index (χ1v) is 7.04. The second-order valence-electron chi connectivity index (χ2n) is 3.92. The molecule has 0 aliphatic rings. The fraction of sp³-hybridized carbons (Fsp3) is 0.385. The van der Waals surface area contributed by atoms with Crippen LogP contribution in [0.25, 0.3) is 0 Å². The molecule has 2 heterocycles. The van der Waals surface area contributed by atoms with Gasteiger partial charge in [-0.2, -0.15) is 0 Å². The normalized spacial score (nSPS) is 10.7. The summed E-state index contributed by atoms with van der Waals surface area (Å²) >= 11 is 1.58. The zero-order valence-corrected chi connectivity index (χ0v) is 11.2. The minimum atomic E-state index is 0.764. The maximum atomic E-state index is 5.26. The Morgan fingerprint density at radius 3 is 2.83 bits per heavy atom. The van der Waals surface area contributed by atoms with Crippen molar-refractivity contribution in [3.8, 4) is 0 Å². The summed E-state index contributed by atoms with van der Waals surface area (Å²) < 4.78 is 5.26. The molecule has 0 atom stereocenters. The second-order valence-corrected chi connectivity index (χ2v) is 4.86. The average Bonchev–Trinajstić information content (AvgIpc) is 2.91. The molecule has 0 fully saturated rings. The molecule has 96 valence electrons. The monoisotopic (exact) mass is 263 g/mol. The SMILES string of the molecule is CCCNCc1cnc(SCc2ccco2)nc1. The number of nitrogens with zero attached hydrogens (tertiary/aromatic N) is 2. The van der Waals surface area contributed by atoms with E-state index in [1.165, 1.54) is 0 Å². The smallest absolute Gasteiger partial charge is 0.187 e. The zero-order valence-electron chi connectivity index (χ0n) is 10.4. The Balaban J connectivity index is 1.80. The molecular weight excluding hydrogens is 246 g/mol. The Morgan fingerprint density at radius 1 is 1.33 bits per heavy atom. The first-order valence-electron chi connectivity index (χ1n) is 6.05. The largest absolute Gasteiger partial charge is 0.468 e. The predicted molar refractivity (Wildman–Crippen MR) is 72.3 cm³/mol. The van der Waals surface area contributed by atoms with E-state index in [9.17, 15) is 0 Å². The number of thioether (sulfide) groups is 1. The first kappa shape index (κ1) is 13.1. The Labute approximate surface area is 111 Å². The van der Waals surface area contributed by atoms with Crippen LogP contribution in [0.15, 0.2) is 40.4 Å². The number of nitrogens with one attached hydrogen (secondary N) is 1.